The first kappa shape index (κ1) is 19.3. The standard InChI is InChI=1S/C21H23N5O2S/c1-21(2,3)26-15-9-5-4-8-14(15)22-20(26)23-17(27)11-6-12-18-24-19(25-28-18)16-10-7-13-29-16/h4-5,7-10,13H,6,11-12H2,1-3H3,(H,22,23,27). The zero-order chi connectivity index (χ0) is 20.4. The highest BCUT2D eigenvalue weighted by molar-refractivity contribution is 7.13. The molecule has 4 rings (SSSR count). The number of hydrogen-bond acceptors (Lipinski definition) is 6. The van der Waals surface area contributed by atoms with Gasteiger partial charge in [-0.2, -0.15) is 4.98 Å². The van der Waals surface area contributed by atoms with Crippen LogP contribution >= 0.6 is 11.3 Å². The number of para-hydroxylation sites is 2. The highest BCUT2D eigenvalue weighted by Gasteiger charge is 2.22. The van der Waals surface area contributed by atoms with Crippen LogP contribution in [0.25, 0.3) is 21.7 Å². The van der Waals surface area contributed by atoms with E-state index in [1.807, 2.05) is 41.8 Å². The molecule has 0 radical (unpaired) electrons. The molecule has 3 aromatic heterocycles. The third-order valence-corrected chi connectivity index (χ3v) is 5.35. The lowest BCUT2D eigenvalue weighted by Gasteiger charge is -2.24. The van der Waals surface area contributed by atoms with E-state index in [9.17, 15) is 4.79 Å². The van der Waals surface area contributed by atoms with Crippen molar-refractivity contribution in [1.29, 1.82) is 0 Å². The van der Waals surface area contributed by atoms with E-state index in [0.29, 0.717) is 36.9 Å². The van der Waals surface area contributed by atoms with Crippen LogP contribution in [0.2, 0.25) is 0 Å². The highest BCUT2D eigenvalue weighted by Crippen LogP contribution is 2.28. The van der Waals surface area contributed by atoms with Crippen LogP contribution in [-0.2, 0) is 16.8 Å². The minimum Gasteiger partial charge on any atom is -0.339 e. The maximum Gasteiger partial charge on any atom is 0.226 e. The Balaban J connectivity index is 1.39. The molecule has 3 heterocycles. The number of imidazole rings is 1. The average molecular weight is 410 g/mol. The Kier molecular flexibility index (Phi) is 5.19. The molecule has 0 aliphatic carbocycles. The van der Waals surface area contributed by atoms with Crippen molar-refractivity contribution >= 4 is 34.2 Å². The van der Waals surface area contributed by atoms with Gasteiger partial charge in [0.15, 0.2) is 0 Å². The first-order valence-corrected chi connectivity index (χ1v) is 10.4. The van der Waals surface area contributed by atoms with Gasteiger partial charge in [-0.1, -0.05) is 23.4 Å². The van der Waals surface area contributed by atoms with Crippen LogP contribution in [0.1, 0.15) is 39.5 Å². The number of fused-ring (bicyclic) bond motifs is 1. The van der Waals surface area contributed by atoms with Crippen molar-refractivity contribution in [2.45, 2.75) is 45.6 Å². The monoisotopic (exact) mass is 409 g/mol. The number of hydrogen-bond donors (Lipinski definition) is 1. The lowest BCUT2D eigenvalue weighted by Crippen LogP contribution is -2.25. The molecule has 7 nitrogen and oxygen atoms in total. The van der Waals surface area contributed by atoms with Gasteiger partial charge < -0.3 is 9.09 Å². The molecule has 4 aromatic rings. The molecule has 0 saturated carbocycles. The maximum atomic E-state index is 12.5. The van der Waals surface area contributed by atoms with Crippen molar-refractivity contribution in [3.05, 3.63) is 47.7 Å². The highest BCUT2D eigenvalue weighted by atomic mass is 32.1. The number of nitrogens with zero attached hydrogens (tertiary/aromatic N) is 4. The molecule has 29 heavy (non-hydrogen) atoms. The predicted octanol–water partition coefficient (Wildman–Crippen LogP) is 4.86. The molecule has 0 atom stereocenters. The molecule has 0 unspecified atom stereocenters. The van der Waals surface area contributed by atoms with E-state index in [2.05, 4.69) is 45.8 Å². The summed E-state index contributed by atoms with van der Waals surface area (Å²) in [6, 6.07) is 11.8. The van der Waals surface area contributed by atoms with E-state index in [0.717, 1.165) is 15.9 Å². The molecule has 0 spiro atoms. The molecule has 0 fully saturated rings. The molecule has 0 bridgehead atoms. The molecule has 1 aromatic carbocycles. The van der Waals surface area contributed by atoms with Gasteiger partial charge in [-0.05, 0) is 50.8 Å². The van der Waals surface area contributed by atoms with Crippen LogP contribution in [0, 0.1) is 0 Å². The van der Waals surface area contributed by atoms with Gasteiger partial charge in [0.05, 0.1) is 15.9 Å². The summed E-state index contributed by atoms with van der Waals surface area (Å²) in [4.78, 5) is 22.5. The third kappa shape index (κ3) is 4.22. The van der Waals surface area contributed by atoms with E-state index in [4.69, 9.17) is 4.52 Å². The van der Waals surface area contributed by atoms with E-state index in [-0.39, 0.29) is 11.4 Å². The Morgan fingerprint density at radius 3 is 2.76 bits per heavy atom. The quantitative estimate of drug-likeness (QED) is 0.491. The van der Waals surface area contributed by atoms with Crippen LogP contribution in [0.4, 0.5) is 5.95 Å². The zero-order valence-corrected chi connectivity index (χ0v) is 17.5. The second kappa shape index (κ2) is 7.79. The Morgan fingerprint density at radius 2 is 2.00 bits per heavy atom. The second-order valence-electron chi connectivity index (χ2n) is 7.82. The van der Waals surface area contributed by atoms with Crippen molar-refractivity contribution in [1.82, 2.24) is 19.7 Å². The number of aromatic nitrogens is 4. The zero-order valence-electron chi connectivity index (χ0n) is 16.7. The summed E-state index contributed by atoms with van der Waals surface area (Å²) in [6.45, 7) is 6.28. The predicted molar refractivity (Wildman–Crippen MR) is 114 cm³/mol. The normalized spacial score (nSPS) is 11.8. The number of benzene rings is 1. The molecular weight excluding hydrogens is 386 g/mol. The van der Waals surface area contributed by atoms with Gasteiger partial charge >= 0.3 is 0 Å². The van der Waals surface area contributed by atoms with Crippen molar-refractivity contribution in [3.8, 4) is 10.7 Å². The summed E-state index contributed by atoms with van der Waals surface area (Å²) >= 11 is 1.57. The Hall–Kier alpha value is -3.00. The Morgan fingerprint density at radius 1 is 1.17 bits per heavy atom. The summed E-state index contributed by atoms with van der Waals surface area (Å²) < 4.78 is 7.35. The topological polar surface area (TPSA) is 85.8 Å². The minimum absolute atomic E-state index is 0.0798. The van der Waals surface area contributed by atoms with Gasteiger partial charge in [0.25, 0.3) is 0 Å². The smallest absolute Gasteiger partial charge is 0.226 e. The van der Waals surface area contributed by atoms with Gasteiger partial charge in [-0.3, -0.25) is 10.1 Å². The molecule has 0 aliphatic heterocycles. The third-order valence-electron chi connectivity index (χ3n) is 4.49. The number of nitrogens with one attached hydrogen (secondary N) is 1. The van der Waals surface area contributed by atoms with Crippen molar-refractivity contribution < 1.29 is 9.32 Å². The molecule has 1 amide bonds. The van der Waals surface area contributed by atoms with Crippen LogP contribution in [0.15, 0.2) is 46.3 Å². The summed E-state index contributed by atoms with van der Waals surface area (Å²) in [7, 11) is 0. The number of rotatable bonds is 6. The number of anilines is 1. The summed E-state index contributed by atoms with van der Waals surface area (Å²) in [6.07, 6.45) is 1.53. The van der Waals surface area contributed by atoms with Crippen LogP contribution in [0.5, 0.6) is 0 Å². The first-order chi connectivity index (χ1) is 13.9. The number of aryl methyl sites for hydroxylation is 1. The lowest BCUT2D eigenvalue weighted by atomic mass is 10.1. The largest absolute Gasteiger partial charge is 0.339 e. The van der Waals surface area contributed by atoms with Gasteiger partial charge in [-0.15, -0.1) is 11.3 Å². The molecule has 0 saturated heterocycles. The van der Waals surface area contributed by atoms with E-state index in [1.165, 1.54) is 0 Å². The van der Waals surface area contributed by atoms with Gasteiger partial charge in [0.2, 0.25) is 23.6 Å². The SMILES string of the molecule is CC(C)(C)n1c(NC(=O)CCCc2nc(-c3cccs3)no2)nc2ccccc21. The first-order valence-electron chi connectivity index (χ1n) is 9.56. The van der Waals surface area contributed by atoms with E-state index in [1.54, 1.807) is 11.3 Å². The van der Waals surface area contributed by atoms with E-state index >= 15 is 0 Å². The number of carbonyl (C=O) groups excluding carboxylic acids is 1. The number of carbonyl (C=O) groups is 1. The van der Waals surface area contributed by atoms with Crippen LogP contribution in [0.3, 0.4) is 0 Å². The second-order valence-corrected chi connectivity index (χ2v) is 8.77. The Bertz CT molecular complexity index is 1120. The van der Waals surface area contributed by atoms with Gasteiger partial charge in [0.1, 0.15) is 0 Å². The Labute approximate surface area is 172 Å². The lowest BCUT2D eigenvalue weighted by molar-refractivity contribution is -0.116. The van der Waals surface area contributed by atoms with Crippen molar-refractivity contribution in [3.63, 3.8) is 0 Å². The molecule has 150 valence electrons. The fourth-order valence-corrected chi connectivity index (χ4v) is 3.89. The van der Waals surface area contributed by atoms with Gasteiger partial charge in [0, 0.05) is 18.4 Å². The fourth-order valence-electron chi connectivity index (χ4n) is 3.24. The summed E-state index contributed by atoms with van der Waals surface area (Å²) in [5.41, 5.74) is 1.66. The molecule has 1 N–H and O–H groups in total. The average Bonchev–Trinajstić information content (AvgIpc) is 3.39. The number of thiophene rings is 1. The molecule has 8 heteroatoms. The fraction of sp³-hybridized carbons (Fsp3) is 0.333. The van der Waals surface area contributed by atoms with Gasteiger partial charge in [-0.25, -0.2) is 4.98 Å². The van der Waals surface area contributed by atoms with Crippen LogP contribution in [-0.4, -0.2) is 25.6 Å². The van der Waals surface area contributed by atoms with Crippen molar-refractivity contribution in [2.75, 3.05) is 5.32 Å². The minimum atomic E-state index is -0.208. The van der Waals surface area contributed by atoms with Crippen LogP contribution < -0.4 is 5.32 Å². The molecular formula is C21H23N5O2S. The maximum absolute atomic E-state index is 12.5. The van der Waals surface area contributed by atoms with E-state index < -0.39 is 0 Å². The summed E-state index contributed by atoms with van der Waals surface area (Å²) in [5.74, 6) is 1.63. The summed E-state index contributed by atoms with van der Waals surface area (Å²) in [5, 5.41) is 8.94. The number of amides is 1. The van der Waals surface area contributed by atoms with Crippen molar-refractivity contribution in [2.24, 2.45) is 0 Å². The molecule has 0 aliphatic rings.